The number of carbonyl (C=O) groups is 2. The molecule has 2 aromatic carbocycles. The quantitative estimate of drug-likeness (QED) is 0.199. The number of rotatable bonds is 10. The lowest BCUT2D eigenvalue weighted by Gasteiger charge is -2.40. The van der Waals surface area contributed by atoms with Gasteiger partial charge in [0.05, 0.1) is 35.6 Å². The van der Waals surface area contributed by atoms with Crippen molar-refractivity contribution < 1.29 is 35.6 Å². The van der Waals surface area contributed by atoms with Crippen LogP contribution in [0.1, 0.15) is 49.2 Å². The predicted octanol–water partition coefficient (Wildman–Crippen LogP) is 6.23. The molecule has 1 amide bonds. The number of Topliss-reactive ketones (excluding diaryl/α,β-unsaturated/α-hetero) is 1. The summed E-state index contributed by atoms with van der Waals surface area (Å²) in [5.41, 5.74) is -1.22. The van der Waals surface area contributed by atoms with Crippen molar-refractivity contribution in [1.82, 2.24) is 5.32 Å². The molecule has 0 saturated heterocycles. The molecule has 0 saturated carbocycles. The molecule has 40 heavy (non-hydrogen) atoms. The second-order valence-electron chi connectivity index (χ2n) is 11.3. The molecule has 0 spiro atoms. The van der Waals surface area contributed by atoms with Crippen molar-refractivity contribution in [2.24, 2.45) is 5.92 Å². The third-order valence-corrected chi connectivity index (χ3v) is 12.9. The smallest absolute Gasteiger partial charge is 0.407 e. The molecule has 1 N–H and O–H groups in total. The summed E-state index contributed by atoms with van der Waals surface area (Å²) in [4.78, 5) is 29.1. The summed E-state index contributed by atoms with van der Waals surface area (Å²) >= 11 is 0. The number of ketones is 1. The van der Waals surface area contributed by atoms with Crippen LogP contribution in [0.15, 0.2) is 47.4 Å². The average molecular weight is 597 g/mol. The van der Waals surface area contributed by atoms with Crippen LogP contribution in [-0.4, -0.2) is 47.3 Å². The fraction of sp³-hybridized carbons (Fsp3) is 0.464. The van der Waals surface area contributed by atoms with Crippen molar-refractivity contribution in [2.75, 3.05) is 12.8 Å². The van der Waals surface area contributed by atoms with E-state index in [1.807, 2.05) is 33.9 Å². The summed E-state index contributed by atoms with van der Waals surface area (Å²) in [5, 5.41) is 2.38. The minimum absolute atomic E-state index is 0.0483. The summed E-state index contributed by atoms with van der Waals surface area (Å²) in [6, 6.07) is 8.65. The normalized spacial score (nSPS) is 14.2. The summed E-state index contributed by atoms with van der Waals surface area (Å²) in [5.74, 6) is -1.98. The number of hydrogen-bond acceptors (Lipinski definition) is 5. The zero-order valence-corrected chi connectivity index (χ0v) is 25.5. The molecule has 0 fully saturated rings. The number of halogens is 3. The average Bonchev–Trinajstić information content (AvgIpc) is 2.83. The van der Waals surface area contributed by atoms with E-state index in [4.69, 9.17) is 11.0 Å². The van der Waals surface area contributed by atoms with Gasteiger partial charge in [0, 0.05) is 11.8 Å². The van der Waals surface area contributed by atoms with E-state index >= 15 is 0 Å². The summed E-state index contributed by atoms with van der Waals surface area (Å²) in [7, 11) is -5.83. The van der Waals surface area contributed by atoms with E-state index in [1.54, 1.807) is 6.92 Å². The maximum atomic E-state index is 13.6. The van der Waals surface area contributed by atoms with Crippen molar-refractivity contribution in [3.05, 3.63) is 70.6 Å². The lowest BCUT2D eigenvalue weighted by Crippen LogP contribution is -2.48. The number of carbonyl (C=O) groups excluding carboxylic acids is 2. The highest BCUT2D eigenvalue weighted by Gasteiger charge is 2.41. The minimum Gasteiger partial charge on any atom is -0.413 e. The van der Waals surface area contributed by atoms with Crippen molar-refractivity contribution in [3.8, 4) is 0 Å². The van der Waals surface area contributed by atoms with Crippen LogP contribution in [0.3, 0.4) is 0 Å². The van der Waals surface area contributed by atoms with Crippen LogP contribution >= 0.6 is 0 Å². The molecule has 0 unspecified atom stereocenters. The highest BCUT2D eigenvalue weighted by molar-refractivity contribution is 7.90. The molecule has 2 aromatic rings. The number of nitrogens with one attached hydrogen (secondary N) is 1. The lowest BCUT2D eigenvalue weighted by atomic mass is 9.92. The zero-order valence-electron chi connectivity index (χ0n) is 23.6. The second-order valence-corrected chi connectivity index (χ2v) is 18.1. The molecular formula is C28H35F3N2O5SSi. The van der Waals surface area contributed by atoms with Crippen LogP contribution in [-0.2, 0) is 31.7 Å². The summed E-state index contributed by atoms with van der Waals surface area (Å²) in [6.45, 7) is 18.4. The van der Waals surface area contributed by atoms with Gasteiger partial charge in [-0.2, -0.15) is 13.2 Å². The Morgan fingerprint density at radius 3 is 2.12 bits per heavy atom. The molecule has 12 heteroatoms. The van der Waals surface area contributed by atoms with Crippen molar-refractivity contribution in [1.29, 1.82) is 0 Å². The molecule has 0 aliphatic rings. The fourth-order valence-electron chi connectivity index (χ4n) is 3.77. The predicted molar refractivity (Wildman–Crippen MR) is 150 cm³/mol. The Kier molecular flexibility index (Phi) is 10.2. The second kappa shape index (κ2) is 12.2. The Morgan fingerprint density at radius 1 is 1.07 bits per heavy atom. The third kappa shape index (κ3) is 8.49. The van der Waals surface area contributed by atoms with Crippen LogP contribution in [0.25, 0.3) is 4.85 Å². The molecule has 0 aliphatic carbocycles. The van der Waals surface area contributed by atoms with Gasteiger partial charge in [-0.05, 0) is 49.2 Å². The van der Waals surface area contributed by atoms with Crippen molar-refractivity contribution in [3.63, 3.8) is 0 Å². The van der Waals surface area contributed by atoms with E-state index in [0.717, 1.165) is 18.4 Å². The molecule has 2 atom stereocenters. The number of sulfone groups is 1. The fourth-order valence-corrected chi connectivity index (χ4v) is 5.85. The lowest BCUT2D eigenvalue weighted by molar-refractivity contribution is -0.136. The van der Waals surface area contributed by atoms with Gasteiger partial charge in [0.15, 0.2) is 29.6 Å². The van der Waals surface area contributed by atoms with Crippen molar-refractivity contribution >= 4 is 35.5 Å². The Balaban J connectivity index is 2.33. The largest absolute Gasteiger partial charge is 0.413 e. The zero-order chi connectivity index (χ0) is 30.7. The van der Waals surface area contributed by atoms with Crippen LogP contribution in [0.2, 0.25) is 18.1 Å². The third-order valence-electron chi connectivity index (χ3n) is 7.16. The first-order valence-electron chi connectivity index (χ1n) is 12.5. The Labute approximate surface area is 235 Å². The van der Waals surface area contributed by atoms with Crippen LogP contribution in [0.5, 0.6) is 0 Å². The van der Waals surface area contributed by atoms with Crippen molar-refractivity contribution in [2.45, 2.75) is 69.4 Å². The molecule has 0 radical (unpaired) electrons. The van der Waals surface area contributed by atoms with E-state index in [9.17, 15) is 31.2 Å². The monoisotopic (exact) mass is 596 g/mol. The van der Waals surface area contributed by atoms with Crippen LogP contribution < -0.4 is 5.32 Å². The van der Waals surface area contributed by atoms with Gasteiger partial charge in [0.2, 0.25) is 5.91 Å². The van der Waals surface area contributed by atoms with Gasteiger partial charge in [-0.1, -0.05) is 51.1 Å². The molecule has 0 aromatic heterocycles. The summed E-state index contributed by atoms with van der Waals surface area (Å²) in [6.07, 6.45) is -4.50. The molecular weight excluding hydrogens is 561 g/mol. The number of amides is 1. The molecule has 218 valence electrons. The van der Waals surface area contributed by atoms with Gasteiger partial charge < -0.3 is 9.74 Å². The Hall–Kier alpha value is -3.01. The number of alkyl halides is 3. The molecule has 0 aliphatic heterocycles. The van der Waals surface area contributed by atoms with E-state index in [-0.39, 0.29) is 27.5 Å². The first-order chi connectivity index (χ1) is 18.2. The maximum absolute atomic E-state index is 13.6. The number of hydrogen-bond donors (Lipinski definition) is 1. The van der Waals surface area contributed by atoms with Gasteiger partial charge in [-0.3, -0.25) is 9.59 Å². The minimum atomic E-state index is -4.74. The Bertz CT molecular complexity index is 1390. The maximum Gasteiger partial charge on any atom is 0.407 e. The molecule has 0 bridgehead atoms. The highest BCUT2D eigenvalue weighted by atomic mass is 32.2. The number of nitrogens with zero attached hydrogens (tertiary/aromatic N) is 1. The SMILES string of the molecule is [C-]#[N+]c1ccc(C[C@@H](C(=O)NCC(=O)c2ccc(S(C)(=O)=O)cc2)[C@@H](C)O[Si](C)(C)C(C)(C)C)cc1C(F)(F)F. The summed E-state index contributed by atoms with van der Waals surface area (Å²) < 4.78 is 70.4. The highest BCUT2D eigenvalue weighted by Crippen LogP contribution is 2.39. The van der Waals surface area contributed by atoms with E-state index in [0.29, 0.717) is 0 Å². The number of benzene rings is 2. The van der Waals surface area contributed by atoms with E-state index < -0.39 is 65.8 Å². The van der Waals surface area contributed by atoms with Gasteiger partial charge in [0.1, 0.15) is 0 Å². The van der Waals surface area contributed by atoms with Gasteiger partial charge in [-0.15, -0.1) is 0 Å². The molecule has 0 heterocycles. The van der Waals surface area contributed by atoms with Gasteiger partial charge >= 0.3 is 6.18 Å². The first kappa shape index (κ1) is 33.2. The van der Waals surface area contributed by atoms with Crippen LogP contribution in [0, 0.1) is 12.5 Å². The van der Waals surface area contributed by atoms with Crippen LogP contribution in [0.4, 0.5) is 18.9 Å². The van der Waals surface area contributed by atoms with E-state index in [1.165, 1.54) is 30.3 Å². The molecule has 2 rings (SSSR count). The van der Waals surface area contributed by atoms with Gasteiger partial charge in [-0.25, -0.2) is 13.3 Å². The molecule has 7 nitrogen and oxygen atoms in total. The van der Waals surface area contributed by atoms with Gasteiger partial charge in [0.25, 0.3) is 0 Å². The topological polar surface area (TPSA) is 93.9 Å². The standard InChI is InChI=1S/C28H35F3N2O5SSi/c1-18(38-40(7,8)27(2,3)4)22(15-19-9-14-24(32-5)23(16-19)28(29,30)31)26(35)33-17-25(34)20-10-12-21(13-11-20)39(6,36)37/h9-14,16,18,22H,15,17H2,1-4,6-8H3,(H,33,35)/t18-,22-/m1/s1. The first-order valence-corrected chi connectivity index (χ1v) is 17.3. The Morgan fingerprint density at radius 2 is 1.65 bits per heavy atom. The van der Waals surface area contributed by atoms with E-state index in [2.05, 4.69) is 10.2 Å².